The Morgan fingerprint density at radius 3 is 2.46 bits per heavy atom. The first-order valence-electron chi connectivity index (χ1n) is 8.71. The Balaban J connectivity index is 2.59. The van der Waals surface area contributed by atoms with E-state index in [-0.39, 0.29) is 23.7 Å². The number of aryl methyl sites for hydroxylation is 2. The first kappa shape index (κ1) is 19.7. The van der Waals surface area contributed by atoms with Crippen molar-refractivity contribution >= 4 is 11.8 Å². The summed E-state index contributed by atoms with van der Waals surface area (Å²) in [6.07, 6.45) is 0.0475. The van der Waals surface area contributed by atoms with E-state index >= 15 is 0 Å². The Labute approximate surface area is 153 Å². The van der Waals surface area contributed by atoms with Crippen LogP contribution in [-0.4, -0.2) is 28.6 Å². The highest BCUT2D eigenvalue weighted by Gasteiger charge is 2.28. The molecule has 0 aliphatic heterocycles. The zero-order chi connectivity index (χ0) is 19.3. The van der Waals surface area contributed by atoms with E-state index in [9.17, 15) is 19.8 Å². The fourth-order valence-electron chi connectivity index (χ4n) is 2.85. The molecule has 0 saturated heterocycles. The molecule has 0 spiro atoms. The van der Waals surface area contributed by atoms with E-state index in [0.717, 1.165) is 5.56 Å². The van der Waals surface area contributed by atoms with Gasteiger partial charge >= 0.3 is 5.97 Å². The average molecular weight is 356 g/mol. The van der Waals surface area contributed by atoms with Crippen molar-refractivity contribution in [3.63, 3.8) is 0 Å². The molecule has 0 aliphatic rings. The predicted molar refractivity (Wildman–Crippen MR) is 98.7 cm³/mol. The zero-order valence-electron chi connectivity index (χ0n) is 15.3. The summed E-state index contributed by atoms with van der Waals surface area (Å²) in [5.41, 5.74) is 2.41. The number of benzene rings is 2. The lowest BCUT2D eigenvalue weighted by molar-refractivity contribution is -0.151. The Kier molecular flexibility index (Phi) is 6.52. The number of phenolic OH excluding ortho intramolecular Hbond substituents is 1. The van der Waals surface area contributed by atoms with Crippen LogP contribution in [0.2, 0.25) is 0 Å². The molecule has 2 N–H and O–H groups in total. The highest BCUT2D eigenvalue weighted by atomic mass is 16.5. The second-order valence-electron chi connectivity index (χ2n) is 6.15. The van der Waals surface area contributed by atoms with Crippen LogP contribution in [0.4, 0.5) is 0 Å². The molecule has 1 unspecified atom stereocenters. The van der Waals surface area contributed by atoms with Gasteiger partial charge in [0.1, 0.15) is 5.75 Å². The van der Waals surface area contributed by atoms with Crippen LogP contribution in [0, 0.1) is 6.92 Å². The normalized spacial score (nSPS) is 12.0. The molecule has 0 heterocycles. The van der Waals surface area contributed by atoms with Gasteiger partial charge in [-0.3, -0.25) is 4.79 Å². The number of hydrogen-bond acceptors (Lipinski definition) is 4. The number of carboxylic acid groups (broad SMARTS) is 1. The smallest absolute Gasteiger partial charge is 0.337 e. The minimum absolute atomic E-state index is 0.0288. The molecule has 1 atom stereocenters. The van der Waals surface area contributed by atoms with Gasteiger partial charge in [0.25, 0.3) is 0 Å². The number of aliphatic carboxylic acids is 1. The average Bonchev–Trinajstić information content (AvgIpc) is 2.63. The number of ketones is 1. The van der Waals surface area contributed by atoms with E-state index in [4.69, 9.17) is 4.74 Å². The van der Waals surface area contributed by atoms with Gasteiger partial charge in [-0.15, -0.1) is 0 Å². The van der Waals surface area contributed by atoms with Gasteiger partial charge in [0.05, 0.1) is 0 Å². The van der Waals surface area contributed by atoms with E-state index in [2.05, 4.69) is 0 Å². The van der Waals surface area contributed by atoms with Crippen molar-refractivity contribution in [1.82, 2.24) is 0 Å². The van der Waals surface area contributed by atoms with Gasteiger partial charge in [0, 0.05) is 23.3 Å². The fraction of sp³-hybridized carbons (Fsp3) is 0.333. The van der Waals surface area contributed by atoms with Gasteiger partial charge in [-0.2, -0.15) is 0 Å². The van der Waals surface area contributed by atoms with Crippen LogP contribution in [0.1, 0.15) is 59.0 Å². The fourth-order valence-corrected chi connectivity index (χ4v) is 2.85. The minimum Gasteiger partial charge on any atom is -0.508 e. The number of carbonyl (C=O) groups is 2. The zero-order valence-corrected chi connectivity index (χ0v) is 15.3. The topological polar surface area (TPSA) is 83.8 Å². The van der Waals surface area contributed by atoms with Gasteiger partial charge in [-0.05, 0) is 37.0 Å². The SMILES string of the molecule is CCCOC(C(=O)O)c1c(CC)cccc1C(=O)c1ccc(C)c(O)c1. The molecule has 0 saturated carbocycles. The molecular formula is C21H24O5. The van der Waals surface area contributed by atoms with Crippen molar-refractivity contribution in [1.29, 1.82) is 0 Å². The van der Waals surface area contributed by atoms with E-state index in [1.54, 1.807) is 31.2 Å². The number of carboxylic acids is 1. The van der Waals surface area contributed by atoms with Crippen molar-refractivity contribution in [3.8, 4) is 5.75 Å². The third-order valence-electron chi connectivity index (χ3n) is 4.27. The Bertz CT molecular complexity index is 810. The number of rotatable bonds is 8. The second kappa shape index (κ2) is 8.63. The van der Waals surface area contributed by atoms with Crippen LogP contribution in [0.25, 0.3) is 0 Å². The van der Waals surface area contributed by atoms with E-state index in [1.165, 1.54) is 6.07 Å². The lowest BCUT2D eigenvalue weighted by Gasteiger charge is -2.20. The van der Waals surface area contributed by atoms with Crippen LogP contribution in [0.5, 0.6) is 5.75 Å². The van der Waals surface area contributed by atoms with Gasteiger partial charge < -0.3 is 14.9 Å². The maximum absolute atomic E-state index is 13.0. The molecule has 0 aliphatic carbocycles. The lowest BCUT2D eigenvalue weighted by Crippen LogP contribution is -2.21. The highest BCUT2D eigenvalue weighted by Crippen LogP contribution is 2.30. The minimum atomic E-state index is -1.20. The van der Waals surface area contributed by atoms with Crippen molar-refractivity contribution in [2.45, 2.75) is 39.7 Å². The van der Waals surface area contributed by atoms with Crippen molar-refractivity contribution < 1.29 is 24.5 Å². The standard InChI is InChI=1S/C21H24O5/c1-4-11-26-20(21(24)25)18-14(5-2)7-6-8-16(18)19(23)15-10-9-13(3)17(22)12-15/h6-10,12,20,22H,4-5,11H2,1-3H3,(H,24,25). The van der Waals surface area contributed by atoms with Gasteiger partial charge in [-0.1, -0.05) is 44.2 Å². The summed E-state index contributed by atoms with van der Waals surface area (Å²) in [4.78, 5) is 24.8. The summed E-state index contributed by atoms with van der Waals surface area (Å²) < 4.78 is 5.55. The number of carbonyl (C=O) groups excluding carboxylic acids is 1. The Hall–Kier alpha value is -2.66. The predicted octanol–water partition coefficient (Wildman–Crippen LogP) is 4.05. The summed E-state index contributed by atoms with van der Waals surface area (Å²) in [6.45, 7) is 5.83. The quantitative estimate of drug-likeness (QED) is 0.697. The Morgan fingerprint density at radius 2 is 1.88 bits per heavy atom. The highest BCUT2D eigenvalue weighted by molar-refractivity contribution is 6.11. The van der Waals surface area contributed by atoms with Crippen LogP contribution in [0.3, 0.4) is 0 Å². The lowest BCUT2D eigenvalue weighted by atomic mass is 9.90. The molecule has 0 fully saturated rings. The summed E-state index contributed by atoms with van der Waals surface area (Å²) in [6, 6.07) is 9.85. The van der Waals surface area contributed by atoms with E-state index in [1.807, 2.05) is 19.9 Å². The molecule has 5 nitrogen and oxygen atoms in total. The number of phenols is 1. The first-order chi connectivity index (χ1) is 12.4. The van der Waals surface area contributed by atoms with Gasteiger partial charge in [0.2, 0.25) is 0 Å². The molecule has 2 rings (SSSR count). The molecule has 0 bridgehead atoms. The van der Waals surface area contributed by atoms with E-state index < -0.39 is 12.1 Å². The molecule has 138 valence electrons. The van der Waals surface area contributed by atoms with Crippen molar-refractivity contribution in [2.24, 2.45) is 0 Å². The van der Waals surface area contributed by atoms with Crippen molar-refractivity contribution in [2.75, 3.05) is 6.61 Å². The van der Waals surface area contributed by atoms with Crippen LogP contribution in [0.15, 0.2) is 36.4 Å². The third kappa shape index (κ3) is 4.11. The van der Waals surface area contributed by atoms with Crippen LogP contribution in [-0.2, 0) is 16.0 Å². The van der Waals surface area contributed by atoms with Gasteiger partial charge in [-0.25, -0.2) is 4.79 Å². The molecule has 2 aromatic rings. The van der Waals surface area contributed by atoms with Crippen molar-refractivity contribution in [3.05, 3.63) is 64.2 Å². The van der Waals surface area contributed by atoms with Crippen LogP contribution < -0.4 is 0 Å². The molecular weight excluding hydrogens is 332 g/mol. The van der Waals surface area contributed by atoms with Crippen LogP contribution >= 0.6 is 0 Å². The molecule has 0 aromatic heterocycles. The molecule has 2 aromatic carbocycles. The van der Waals surface area contributed by atoms with Gasteiger partial charge in [0.15, 0.2) is 11.9 Å². The molecule has 26 heavy (non-hydrogen) atoms. The maximum atomic E-state index is 13.0. The number of aromatic hydroxyl groups is 1. The van der Waals surface area contributed by atoms with E-state index in [0.29, 0.717) is 29.5 Å². The maximum Gasteiger partial charge on any atom is 0.337 e. The second-order valence-corrected chi connectivity index (χ2v) is 6.15. The molecule has 0 radical (unpaired) electrons. The largest absolute Gasteiger partial charge is 0.508 e. The summed E-state index contributed by atoms with van der Waals surface area (Å²) in [5.74, 6) is -1.43. The summed E-state index contributed by atoms with van der Waals surface area (Å²) in [5, 5.41) is 19.6. The first-order valence-corrected chi connectivity index (χ1v) is 8.71. The third-order valence-corrected chi connectivity index (χ3v) is 4.27. The number of hydrogen-bond donors (Lipinski definition) is 2. The monoisotopic (exact) mass is 356 g/mol. The Morgan fingerprint density at radius 1 is 1.15 bits per heavy atom. The summed E-state index contributed by atoms with van der Waals surface area (Å²) >= 11 is 0. The summed E-state index contributed by atoms with van der Waals surface area (Å²) in [7, 11) is 0. The molecule has 5 heteroatoms. The number of ether oxygens (including phenoxy) is 1. The molecule has 0 amide bonds.